The summed E-state index contributed by atoms with van der Waals surface area (Å²) in [6, 6.07) is 8.53. The number of hydrogen-bond donors (Lipinski definition) is 1. The minimum Gasteiger partial charge on any atom is -0.374 e. The molecule has 1 saturated heterocycles. The summed E-state index contributed by atoms with van der Waals surface area (Å²) >= 11 is 1.76. The van der Waals surface area contributed by atoms with Gasteiger partial charge in [-0.2, -0.15) is 11.3 Å². The molecule has 1 saturated carbocycles. The molecule has 3 nitrogen and oxygen atoms in total. The fourth-order valence-electron chi connectivity index (χ4n) is 4.61. The molecule has 25 heavy (non-hydrogen) atoms. The van der Waals surface area contributed by atoms with Gasteiger partial charge in [0, 0.05) is 23.9 Å². The summed E-state index contributed by atoms with van der Waals surface area (Å²) in [5, 5.41) is 7.99. The highest BCUT2D eigenvalue weighted by atomic mass is 32.1. The number of thiophene rings is 1. The molecule has 2 fully saturated rings. The van der Waals surface area contributed by atoms with Gasteiger partial charge < -0.3 is 10.1 Å². The Bertz CT molecular complexity index is 652. The molecular formula is C21H28N2OS. The third-order valence-electron chi connectivity index (χ3n) is 5.98. The number of rotatable bonds is 6. The average molecular weight is 357 g/mol. The molecule has 2 aromatic rings. The highest BCUT2D eigenvalue weighted by Gasteiger charge is 2.50. The van der Waals surface area contributed by atoms with Gasteiger partial charge in [0.25, 0.3) is 0 Å². The largest absolute Gasteiger partial charge is 0.374 e. The summed E-state index contributed by atoms with van der Waals surface area (Å²) in [6.45, 7) is 2.78. The molecule has 2 aliphatic rings. The fourth-order valence-corrected chi connectivity index (χ4v) is 5.28. The van der Waals surface area contributed by atoms with E-state index in [0.717, 1.165) is 32.5 Å². The SMILES string of the molecule is c1ccc(C2(CCNCc3ccsc3)COC3(CCCCC3)C2)nc1. The predicted molar refractivity (Wildman–Crippen MR) is 103 cm³/mol. The van der Waals surface area contributed by atoms with Gasteiger partial charge in [-0.3, -0.25) is 4.98 Å². The number of nitrogens with zero attached hydrogens (tertiary/aromatic N) is 1. The molecule has 1 aliphatic carbocycles. The van der Waals surface area contributed by atoms with E-state index in [4.69, 9.17) is 9.72 Å². The molecule has 4 heteroatoms. The van der Waals surface area contributed by atoms with Crippen LogP contribution in [0.2, 0.25) is 0 Å². The van der Waals surface area contributed by atoms with Crippen LogP contribution in [0.4, 0.5) is 0 Å². The summed E-state index contributed by atoms with van der Waals surface area (Å²) in [6.07, 6.45) is 10.6. The lowest BCUT2D eigenvalue weighted by Gasteiger charge is -2.34. The minimum atomic E-state index is 0.0697. The Morgan fingerprint density at radius 1 is 1.16 bits per heavy atom. The smallest absolute Gasteiger partial charge is 0.0693 e. The first-order valence-electron chi connectivity index (χ1n) is 9.58. The van der Waals surface area contributed by atoms with Gasteiger partial charge in [-0.1, -0.05) is 25.3 Å². The summed E-state index contributed by atoms with van der Waals surface area (Å²) < 4.78 is 6.49. The van der Waals surface area contributed by atoms with Gasteiger partial charge in [0.1, 0.15) is 0 Å². The first-order chi connectivity index (χ1) is 12.3. The molecular weight excluding hydrogens is 328 g/mol. The quantitative estimate of drug-likeness (QED) is 0.763. The van der Waals surface area contributed by atoms with Crippen LogP contribution in [0.3, 0.4) is 0 Å². The van der Waals surface area contributed by atoms with E-state index in [2.05, 4.69) is 34.3 Å². The Kier molecular flexibility index (Phi) is 5.20. The van der Waals surface area contributed by atoms with Crippen molar-refractivity contribution >= 4 is 11.3 Å². The predicted octanol–water partition coefficient (Wildman–Crippen LogP) is 4.68. The molecule has 1 unspecified atom stereocenters. The van der Waals surface area contributed by atoms with Gasteiger partial charge in [-0.15, -0.1) is 0 Å². The van der Waals surface area contributed by atoms with Crippen LogP contribution in [0.15, 0.2) is 41.2 Å². The van der Waals surface area contributed by atoms with Gasteiger partial charge >= 0.3 is 0 Å². The summed E-state index contributed by atoms with van der Waals surface area (Å²) in [5.74, 6) is 0. The maximum atomic E-state index is 6.49. The zero-order chi connectivity index (χ0) is 17.0. The zero-order valence-corrected chi connectivity index (χ0v) is 15.7. The molecule has 134 valence electrons. The monoisotopic (exact) mass is 356 g/mol. The van der Waals surface area contributed by atoms with E-state index in [9.17, 15) is 0 Å². The van der Waals surface area contributed by atoms with E-state index in [0.29, 0.717) is 0 Å². The average Bonchev–Trinajstić information content (AvgIpc) is 3.30. The fraction of sp³-hybridized carbons (Fsp3) is 0.571. The zero-order valence-electron chi connectivity index (χ0n) is 14.9. The van der Waals surface area contributed by atoms with Gasteiger partial charge in [0.05, 0.1) is 12.2 Å². The molecule has 0 amide bonds. The van der Waals surface area contributed by atoms with E-state index in [1.165, 1.54) is 43.4 Å². The Morgan fingerprint density at radius 3 is 2.84 bits per heavy atom. The van der Waals surface area contributed by atoms with Crippen LogP contribution in [0.25, 0.3) is 0 Å². The van der Waals surface area contributed by atoms with Gasteiger partial charge in [-0.25, -0.2) is 0 Å². The second-order valence-electron chi connectivity index (χ2n) is 7.76. The van der Waals surface area contributed by atoms with Crippen molar-refractivity contribution in [1.29, 1.82) is 0 Å². The van der Waals surface area contributed by atoms with Crippen molar-refractivity contribution in [3.63, 3.8) is 0 Å². The standard InChI is InChI=1S/C21H28N2OS/c1-3-8-21(9-4-1)16-20(17-24-21,19-6-2-5-11-23-19)10-12-22-14-18-7-13-25-15-18/h2,5-7,11,13,15,22H,1,3-4,8-10,12,14,16-17H2. The van der Waals surface area contributed by atoms with Crippen molar-refractivity contribution in [3.05, 3.63) is 52.5 Å². The first kappa shape index (κ1) is 17.2. The Hall–Kier alpha value is -1.23. The van der Waals surface area contributed by atoms with Crippen molar-refractivity contribution in [1.82, 2.24) is 10.3 Å². The maximum Gasteiger partial charge on any atom is 0.0693 e. The Labute approximate surface area is 154 Å². The number of aromatic nitrogens is 1. The number of ether oxygens (including phenoxy) is 1. The third kappa shape index (κ3) is 3.81. The van der Waals surface area contributed by atoms with Crippen LogP contribution in [0.1, 0.15) is 56.2 Å². The van der Waals surface area contributed by atoms with Crippen LogP contribution < -0.4 is 5.32 Å². The van der Waals surface area contributed by atoms with Gasteiger partial charge in [0.15, 0.2) is 0 Å². The van der Waals surface area contributed by atoms with Crippen molar-refractivity contribution < 1.29 is 4.74 Å². The van der Waals surface area contributed by atoms with Gasteiger partial charge in [0.2, 0.25) is 0 Å². The van der Waals surface area contributed by atoms with E-state index in [1.807, 2.05) is 12.3 Å². The lowest BCUT2D eigenvalue weighted by atomic mass is 9.71. The van der Waals surface area contributed by atoms with Crippen molar-refractivity contribution in [2.45, 2.75) is 62.5 Å². The van der Waals surface area contributed by atoms with E-state index in [1.54, 1.807) is 11.3 Å². The lowest BCUT2D eigenvalue weighted by molar-refractivity contribution is -0.0252. The van der Waals surface area contributed by atoms with Gasteiger partial charge in [-0.05, 0) is 66.8 Å². The van der Waals surface area contributed by atoms with E-state index >= 15 is 0 Å². The highest BCUT2D eigenvalue weighted by molar-refractivity contribution is 7.07. The molecule has 4 rings (SSSR count). The minimum absolute atomic E-state index is 0.0697. The van der Waals surface area contributed by atoms with Crippen LogP contribution in [-0.2, 0) is 16.7 Å². The van der Waals surface area contributed by atoms with E-state index < -0.39 is 0 Å². The van der Waals surface area contributed by atoms with Crippen molar-refractivity contribution in [2.75, 3.05) is 13.2 Å². The molecule has 1 N–H and O–H groups in total. The molecule has 0 bridgehead atoms. The molecule has 0 radical (unpaired) electrons. The molecule has 3 heterocycles. The van der Waals surface area contributed by atoms with Crippen LogP contribution >= 0.6 is 11.3 Å². The number of nitrogens with one attached hydrogen (secondary N) is 1. The summed E-state index contributed by atoms with van der Waals surface area (Å²) in [7, 11) is 0. The first-order valence-corrected chi connectivity index (χ1v) is 10.5. The van der Waals surface area contributed by atoms with Crippen molar-refractivity contribution in [3.8, 4) is 0 Å². The molecule has 1 spiro atoms. The molecule has 2 aromatic heterocycles. The summed E-state index contributed by atoms with van der Waals surface area (Å²) in [4.78, 5) is 4.73. The number of pyridine rings is 1. The molecule has 1 aliphatic heterocycles. The molecule has 0 aromatic carbocycles. The van der Waals surface area contributed by atoms with Crippen LogP contribution in [0.5, 0.6) is 0 Å². The highest BCUT2D eigenvalue weighted by Crippen LogP contribution is 2.49. The molecule has 1 atom stereocenters. The normalized spacial score (nSPS) is 25.4. The topological polar surface area (TPSA) is 34.1 Å². The third-order valence-corrected chi connectivity index (χ3v) is 6.71. The second-order valence-corrected chi connectivity index (χ2v) is 8.54. The van der Waals surface area contributed by atoms with Crippen molar-refractivity contribution in [2.24, 2.45) is 0 Å². The van der Waals surface area contributed by atoms with Crippen LogP contribution in [-0.4, -0.2) is 23.7 Å². The number of hydrogen-bond acceptors (Lipinski definition) is 4. The maximum absolute atomic E-state index is 6.49. The lowest BCUT2D eigenvalue weighted by Crippen LogP contribution is -2.36. The Morgan fingerprint density at radius 2 is 2.08 bits per heavy atom. The van der Waals surface area contributed by atoms with Crippen LogP contribution in [0, 0.1) is 0 Å². The van der Waals surface area contributed by atoms with E-state index in [-0.39, 0.29) is 11.0 Å². The Balaban J connectivity index is 1.45. The second kappa shape index (κ2) is 7.56. The summed E-state index contributed by atoms with van der Waals surface area (Å²) in [5.41, 5.74) is 2.78.